The van der Waals surface area contributed by atoms with Gasteiger partial charge < -0.3 is 4.90 Å². The Kier molecular flexibility index (Phi) is 6.53. The summed E-state index contributed by atoms with van der Waals surface area (Å²) in [5, 5.41) is 9.11. The summed E-state index contributed by atoms with van der Waals surface area (Å²) in [5.74, 6) is -0.325. The molecule has 7 heteroatoms. The molecule has 3 aromatic carbocycles. The lowest BCUT2D eigenvalue weighted by Gasteiger charge is -2.31. The molecule has 0 aliphatic carbocycles. The Morgan fingerprint density at radius 3 is 2.36 bits per heavy atom. The van der Waals surface area contributed by atoms with E-state index in [9.17, 15) is 14.0 Å². The molecule has 1 aliphatic rings. The van der Waals surface area contributed by atoms with Crippen molar-refractivity contribution >= 4 is 16.8 Å². The van der Waals surface area contributed by atoms with Crippen LogP contribution >= 0.6 is 0 Å². The average Bonchev–Trinajstić information content (AvgIpc) is 3.20. The van der Waals surface area contributed by atoms with Crippen LogP contribution in [-0.4, -0.2) is 39.5 Å². The summed E-state index contributed by atoms with van der Waals surface area (Å²) < 4.78 is 16.7. The van der Waals surface area contributed by atoms with Gasteiger partial charge in [-0.2, -0.15) is 5.26 Å². The zero-order valence-electron chi connectivity index (χ0n) is 20.2. The Balaban J connectivity index is 1.32. The number of nitriles is 1. The first-order chi connectivity index (χ1) is 17.5. The van der Waals surface area contributed by atoms with Crippen molar-refractivity contribution in [2.75, 3.05) is 19.6 Å². The SMILES string of the molecule is Cc1cccc2c1n(CCN1CCC(C(=O)c3ccc(F)cc3)CC1)c(=O)n2-c1ccc(C#N)cc1. The number of Topliss-reactive ketones (excluding diaryl/α,β-unsaturated/α-hetero) is 1. The van der Waals surface area contributed by atoms with Crippen LogP contribution in [0.3, 0.4) is 0 Å². The van der Waals surface area contributed by atoms with Crippen LogP contribution < -0.4 is 5.69 Å². The number of carbonyl (C=O) groups is 1. The number of nitrogens with zero attached hydrogens (tertiary/aromatic N) is 4. The van der Waals surface area contributed by atoms with Crippen LogP contribution in [0.15, 0.2) is 71.5 Å². The molecule has 0 N–H and O–H groups in total. The summed E-state index contributed by atoms with van der Waals surface area (Å²) in [5.41, 5.74) is 4.52. The number of hydrogen-bond acceptors (Lipinski definition) is 4. The first-order valence-electron chi connectivity index (χ1n) is 12.2. The normalized spacial score (nSPS) is 14.7. The number of hydrogen-bond donors (Lipinski definition) is 0. The number of para-hydroxylation sites is 1. The molecule has 1 saturated heterocycles. The maximum absolute atomic E-state index is 13.6. The first-order valence-corrected chi connectivity index (χ1v) is 12.2. The standard InChI is InChI=1S/C29H27FN4O2/c1-20-3-2-4-26-27(20)33(29(36)34(26)25-11-5-21(19-31)6-12-25)18-17-32-15-13-23(14-16-32)28(35)22-7-9-24(30)10-8-22/h2-12,23H,13-18H2,1H3. The minimum absolute atomic E-state index is 0.0602. The molecule has 4 aromatic rings. The van der Waals surface area contributed by atoms with E-state index in [1.165, 1.54) is 12.1 Å². The van der Waals surface area contributed by atoms with Crippen molar-refractivity contribution in [3.05, 3.63) is 99.7 Å². The number of likely N-dealkylation sites (tertiary alicyclic amines) is 1. The molecule has 2 heterocycles. The number of halogens is 1. The Morgan fingerprint density at radius 1 is 1.00 bits per heavy atom. The van der Waals surface area contributed by atoms with Crippen molar-refractivity contribution in [2.45, 2.75) is 26.3 Å². The first kappa shape index (κ1) is 23.7. The molecule has 182 valence electrons. The molecule has 5 rings (SSSR count). The van der Waals surface area contributed by atoms with Gasteiger partial charge in [0, 0.05) is 24.6 Å². The van der Waals surface area contributed by atoms with Crippen LogP contribution in [0.2, 0.25) is 0 Å². The summed E-state index contributed by atoms with van der Waals surface area (Å²) in [6, 6.07) is 20.8. The third kappa shape index (κ3) is 4.48. The van der Waals surface area contributed by atoms with Crippen molar-refractivity contribution in [1.29, 1.82) is 5.26 Å². The number of rotatable bonds is 6. The molecule has 0 saturated carbocycles. The molecule has 0 bridgehead atoms. The second-order valence-corrected chi connectivity index (χ2v) is 9.36. The zero-order chi connectivity index (χ0) is 25.2. The van der Waals surface area contributed by atoms with Crippen molar-refractivity contribution in [2.24, 2.45) is 5.92 Å². The number of fused-ring (bicyclic) bond motifs is 1. The van der Waals surface area contributed by atoms with Gasteiger partial charge >= 0.3 is 5.69 Å². The number of benzene rings is 3. The van der Waals surface area contributed by atoms with Crippen LogP contribution in [0.4, 0.5) is 4.39 Å². The van der Waals surface area contributed by atoms with Gasteiger partial charge in [-0.15, -0.1) is 0 Å². The van der Waals surface area contributed by atoms with Gasteiger partial charge in [-0.05, 0) is 93.0 Å². The summed E-state index contributed by atoms with van der Waals surface area (Å²) in [6.07, 6.45) is 1.49. The number of aromatic nitrogens is 2. The van der Waals surface area contributed by atoms with E-state index < -0.39 is 0 Å². The minimum atomic E-state index is -0.340. The van der Waals surface area contributed by atoms with Crippen molar-refractivity contribution < 1.29 is 9.18 Å². The van der Waals surface area contributed by atoms with E-state index in [4.69, 9.17) is 5.26 Å². The number of aryl methyl sites for hydroxylation is 1. The molecule has 0 atom stereocenters. The Hall–Kier alpha value is -4.02. The molecule has 1 aliphatic heterocycles. The smallest absolute Gasteiger partial charge is 0.302 e. The Labute approximate surface area is 208 Å². The van der Waals surface area contributed by atoms with Crippen molar-refractivity contribution in [1.82, 2.24) is 14.0 Å². The number of ketones is 1. The van der Waals surface area contributed by atoms with Gasteiger partial charge in [0.15, 0.2) is 5.78 Å². The van der Waals surface area contributed by atoms with Gasteiger partial charge in [-0.1, -0.05) is 12.1 Å². The molecular formula is C29H27FN4O2. The highest BCUT2D eigenvalue weighted by Crippen LogP contribution is 2.24. The number of piperidine rings is 1. The van der Waals surface area contributed by atoms with Crippen LogP contribution in [0.25, 0.3) is 16.7 Å². The fourth-order valence-electron chi connectivity index (χ4n) is 5.15. The number of imidazole rings is 1. The summed E-state index contributed by atoms with van der Waals surface area (Å²) in [4.78, 5) is 28.7. The van der Waals surface area contributed by atoms with Gasteiger partial charge in [-0.3, -0.25) is 13.9 Å². The zero-order valence-corrected chi connectivity index (χ0v) is 20.2. The molecular weight excluding hydrogens is 455 g/mol. The van der Waals surface area contributed by atoms with Gasteiger partial charge in [0.1, 0.15) is 5.82 Å². The van der Waals surface area contributed by atoms with E-state index in [-0.39, 0.29) is 23.2 Å². The minimum Gasteiger partial charge on any atom is -0.302 e. The summed E-state index contributed by atoms with van der Waals surface area (Å²) in [6.45, 7) is 4.81. The molecule has 0 radical (unpaired) electrons. The third-order valence-corrected chi connectivity index (χ3v) is 7.13. The lowest BCUT2D eigenvalue weighted by molar-refractivity contribution is 0.0837. The topological polar surface area (TPSA) is 71.0 Å². The van der Waals surface area contributed by atoms with E-state index in [0.717, 1.165) is 48.2 Å². The quantitative estimate of drug-likeness (QED) is 0.373. The fourth-order valence-corrected chi connectivity index (χ4v) is 5.15. The number of carbonyl (C=O) groups excluding carboxylic acids is 1. The predicted octanol–water partition coefficient (Wildman–Crippen LogP) is 4.71. The van der Waals surface area contributed by atoms with Crippen molar-refractivity contribution in [3.63, 3.8) is 0 Å². The summed E-state index contributed by atoms with van der Waals surface area (Å²) >= 11 is 0. The lowest BCUT2D eigenvalue weighted by atomic mass is 9.89. The molecule has 6 nitrogen and oxygen atoms in total. The fraction of sp³-hybridized carbons (Fsp3) is 0.276. The molecule has 0 unspecified atom stereocenters. The van der Waals surface area contributed by atoms with Crippen LogP contribution in [0.1, 0.15) is 34.3 Å². The highest BCUT2D eigenvalue weighted by Gasteiger charge is 2.26. The van der Waals surface area contributed by atoms with E-state index in [1.807, 2.05) is 29.7 Å². The Morgan fingerprint density at radius 2 is 1.69 bits per heavy atom. The second kappa shape index (κ2) is 9.92. The maximum atomic E-state index is 13.6. The van der Waals surface area contributed by atoms with E-state index in [0.29, 0.717) is 24.2 Å². The summed E-state index contributed by atoms with van der Waals surface area (Å²) in [7, 11) is 0. The highest BCUT2D eigenvalue weighted by molar-refractivity contribution is 5.97. The van der Waals surface area contributed by atoms with Gasteiger partial charge in [0.25, 0.3) is 0 Å². The lowest BCUT2D eigenvalue weighted by Crippen LogP contribution is -2.39. The second-order valence-electron chi connectivity index (χ2n) is 9.36. The van der Waals surface area contributed by atoms with Gasteiger partial charge in [0.2, 0.25) is 0 Å². The molecule has 1 fully saturated rings. The molecule has 0 amide bonds. The largest absolute Gasteiger partial charge is 0.333 e. The van der Waals surface area contributed by atoms with Crippen molar-refractivity contribution in [3.8, 4) is 11.8 Å². The van der Waals surface area contributed by atoms with Crippen LogP contribution in [0.5, 0.6) is 0 Å². The van der Waals surface area contributed by atoms with Crippen LogP contribution in [-0.2, 0) is 6.54 Å². The van der Waals surface area contributed by atoms with E-state index in [2.05, 4.69) is 11.0 Å². The van der Waals surface area contributed by atoms with Gasteiger partial charge in [-0.25, -0.2) is 9.18 Å². The van der Waals surface area contributed by atoms with Crippen LogP contribution in [0, 0.1) is 30.0 Å². The third-order valence-electron chi connectivity index (χ3n) is 7.13. The van der Waals surface area contributed by atoms with E-state index in [1.54, 1.807) is 41.0 Å². The highest BCUT2D eigenvalue weighted by atomic mass is 19.1. The Bertz CT molecular complexity index is 1500. The predicted molar refractivity (Wildman–Crippen MR) is 137 cm³/mol. The average molecular weight is 483 g/mol. The molecule has 0 spiro atoms. The molecule has 36 heavy (non-hydrogen) atoms. The van der Waals surface area contributed by atoms with Gasteiger partial charge in [0.05, 0.1) is 28.4 Å². The van der Waals surface area contributed by atoms with E-state index >= 15 is 0 Å². The maximum Gasteiger partial charge on any atom is 0.333 e. The monoisotopic (exact) mass is 482 g/mol. The molecule has 1 aromatic heterocycles.